The van der Waals surface area contributed by atoms with Crippen LogP contribution in [-0.4, -0.2) is 84.0 Å². The highest BCUT2D eigenvalue weighted by atomic mass is 16.5. The van der Waals surface area contributed by atoms with Crippen LogP contribution in [0.4, 0.5) is 33.6 Å². The maximum atomic E-state index is 13.8. The number of carbonyl (C=O) groups is 2. The number of piperazine rings is 1. The smallest absolute Gasteiger partial charge is 0.330 e. The molecular formula is C30H37N7O5. The lowest BCUT2D eigenvalue weighted by molar-refractivity contribution is -0.136. The first-order valence-corrected chi connectivity index (χ1v) is 14.0. The van der Waals surface area contributed by atoms with E-state index in [1.807, 2.05) is 44.2 Å². The van der Waals surface area contributed by atoms with Crippen molar-refractivity contribution >= 4 is 40.8 Å². The number of methoxy groups -OCH3 is 1. The lowest BCUT2D eigenvalue weighted by Gasteiger charge is -2.37. The molecule has 3 aromatic rings. The zero-order valence-electron chi connectivity index (χ0n) is 24.4. The van der Waals surface area contributed by atoms with Gasteiger partial charge in [0.2, 0.25) is 5.95 Å². The molecule has 2 aliphatic rings. The van der Waals surface area contributed by atoms with Crippen LogP contribution in [0.25, 0.3) is 0 Å². The van der Waals surface area contributed by atoms with Crippen LogP contribution >= 0.6 is 0 Å². The second-order valence-corrected chi connectivity index (χ2v) is 10.7. The van der Waals surface area contributed by atoms with Crippen molar-refractivity contribution in [2.24, 2.45) is 0 Å². The lowest BCUT2D eigenvalue weighted by Crippen LogP contribution is -2.49. The van der Waals surface area contributed by atoms with Crippen molar-refractivity contribution in [3.05, 3.63) is 58.8 Å². The number of nitrogens with one attached hydrogen (secondary N) is 1. The predicted molar refractivity (Wildman–Crippen MR) is 161 cm³/mol. The summed E-state index contributed by atoms with van der Waals surface area (Å²) in [4.78, 5) is 42.0. The van der Waals surface area contributed by atoms with Gasteiger partial charge in [0.05, 0.1) is 38.1 Å². The quantitative estimate of drug-likeness (QED) is 0.348. The first-order valence-electron chi connectivity index (χ1n) is 14.0. The molecule has 0 spiro atoms. The van der Waals surface area contributed by atoms with E-state index in [9.17, 15) is 19.8 Å². The van der Waals surface area contributed by atoms with Crippen LogP contribution < -0.4 is 24.8 Å². The summed E-state index contributed by atoms with van der Waals surface area (Å²) in [5.74, 6) is 0.124. The summed E-state index contributed by atoms with van der Waals surface area (Å²) < 4.78 is 5.70. The number of carboxylic acid groups (broad SMARTS) is 1. The molecular weight excluding hydrogens is 538 g/mol. The number of aliphatic carboxylic acids is 1. The van der Waals surface area contributed by atoms with Gasteiger partial charge >= 0.3 is 12.0 Å². The van der Waals surface area contributed by atoms with E-state index in [2.05, 4.69) is 32.1 Å². The van der Waals surface area contributed by atoms with E-state index >= 15 is 0 Å². The van der Waals surface area contributed by atoms with Crippen LogP contribution in [0.3, 0.4) is 0 Å². The number of urea groups is 1. The molecule has 0 atom stereocenters. The summed E-state index contributed by atoms with van der Waals surface area (Å²) in [6, 6.07) is 9.21. The number of amides is 2. The molecule has 222 valence electrons. The zero-order valence-corrected chi connectivity index (χ0v) is 24.4. The number of hydrogen-bond donors (Lipinski definition) is 3. The maximum absolute atomic E-state index is 13.8. The molecule has 42 heavy (non-hydrogen) atoms. The van der Waals surface area contributed by atoms with Crippen molar-refractivity contribution in [2.75, 3.05) is 66.9 Å². The van der Waals surface area contributed by atoms with Gasteiger partial charge in [-0.2, -0.15) is 4.98 Å². The molecule has 0 unspecified atom stereocenters. The third-order valence-corrected chi connectivity index (χ3v) is 7.81. The fourth-order valence-electron chi connectivity index (χ4n) is 5.56. The Morgan fingerprint density at radius 3 is 2.48 bits per heavy atom. The van der Waals surface area contributed by atoms with Crippen LogP contribution in [0.5, 0.6) is 5.75 Å². The van der Waals surface area contributed by atoms with Gasteiger partial charge in [-0.3, -0.25) is 14.6 Å². The average molecular weight is 576 g/mol. The highest BCUT2D eigenvalue weighted by Crippen LogP contribution is 2.37. The molecule has 0 saturated carbocycles. The number of aryl methyl sites for hydroxylation is 2. The number of rotatable bonds is 9. The number of anilines is 5. The number of carbonyl (C=O) groups excluding carboxylic acids is 1. The van der Waals surface area contributed by atoms with E-state index in [1.54, 1.807) is 18.2 Å². The van der Waals surface area contributed by atoms with E-state index < -0.39 is 5.97 Å². The number of para-hydroxylation sites is 1. The van der Waals surface area contributed by atoms with Gasteiger partial charge in [-0.15, -0.1) is 0 Å². The predicted octanol–water partition coefficient (Wildman–Crippen LogP) is 3.51. The van der Waals surface area contributed by atoms with Gasteiger partial charge in [0.1, 0.15) is 11.6 Å². The Labute approximate surface area is 245 Å². The number of hydrogen-bond acceptors (Lipinski definition) is 9. The maximum Gasteiger partial charge on any atom is 0.330 e. The van der Waals surface area contributed by atoms with Crippen molar-refractivity contribution in [3.63, 3.8) is 0 Å². The van der Waals surface area contributed by atoms with Crippen molar-refractivity contribution in [2.45, 2.75) is 33.4 Å². The zero-order chi connectivity index (χ0) is 30.0. The fourth-order valence-corrected chi connectivity index (χ4v) is 5.56. The van der Waals surface area contributed by atoms with Crippen LogP contribution in [-0.2, 0) is 17.9 Å². The molecule has 1 fully saturated rings. The molecule has 0 bridgehead atoms. The number of aromatic nitrogens is 2. The third kappa shape index (κ3) is 5.81. The third-order valence-electron chi connectivity index (χ3n) is 7.81. The Hall–Kier alpha value is -4.42. The molecule has 2 aromatic carbocycles. The minimum atomic E-state index is -1.01. The minimum Gasteiger partial charge on any atom is -0.494 e. The molecule has 2 aliphatic heterocycles. The number of aliphatic hydroxyl groups is 1. The van der Waals surface area contributed by atoms with E-state index in [-0.39, 0.29) is 38.1 Å². The molecule has 5 rings (SSSR count). The van der Waals surface area contributed by atoms with E-state index in [0.29, 0.717) is 22.8 Å². The van der Waals surface area contributed by atoms with Gasteiger partial charge in [0, 0.05) is 61.8 Å². The summed E-state index contributed by atoms with van der Waals surface area (Å²) in [5, 5.41) is 22.8. The minimum absolute atomic E-state index is 0.0449. The number of carboxylic acids is 1. The molecule has 0 aliphatic carbocycles. The largest absolute Gasteiger partial charge is 0.494 e. The molecule has 3 heterocycles. The van der Waals surface area contributed by atoms with E-state index in [1.165, 1.54) is 4.90 Å². The second kappa shape index (κ2) is 12.2. The molecule has 2 amide bonds. The highest BCUT2D eigenvalue weighted by Gasteiger charge is 2.34. The van der Waals surface area contributed by atoms with Gasteiger partial charge in [-0.05, 0) is 38.1 Å². The van der Waals surface area contributed by atoms with Gasteiger partial charge in [0.15, 0.2) is 0 Å². The van der Waals surface area contributed by atoms with Crippen molar-refractivity contribution < 1.29 is 24.5 Å². The number of nitrogens with zero attached hydrogens (tertiary/aromatic N) is 6. The Bertz CT molecular complexity index is 1470. The van der Waals surface area contributed by atoms with Gasteiger partial charge in [-0.1, -0.05) is 18.2 Å². The van der Waals surface area contributed by atoms with Crippen molar-refractivity contribution in [1.29, 1.82) is 0 Å². The normalized spacial score (nSPS) is 15.5. The topological polar surface area (TPSA) is 135 Å². The summed E-state index contributed by atoms with van der Waals surface area (Å²) in [6.07, 6.45) is 1.42. The van der Waals surface area contributed by atoms with Crippen molar-refractivity contribution in [3.8, 4) is 5.75 Å². The molecule has 12 nitrogen and oxygen atoms in total. The summed E-state index contributed by atoms with van der Waals surface area (Å²) in [6.45, 7) is 7.47. The van der Waals surface area contributed by atoms with Crippen LogP contribution in [0.1, 0.15) is 28.7 Å². The standard InChI is InChI=1S/C30H37N7O5/c1-19-6-5-7-20(2)27(19)37-17-22-16-31-29(33-28(22)36(30(37)41)9-8-26(39)40)32-23-14-21(18-38)24(15-25(23)42-4)35-12-10-34(3)11-13-35/h5-7,14-16,38H,8-13,17-18H2,1-4H3,(H,39,40)(H,31,32,33). The van der Waals surface area contributed by atoms with Crippen LogP contribution in [0.15, 0.2) is 36.5 Å². The van der Waals surface area contributed by atoms with Gasteiger partial charge in [0.25, 0.3) is 0 Å². The molecule has 1 saturated heterocycles. The summed E-state index contributed by atoms with van der Waals surface area (Å²) in [5.41, 5.74) is 5.58. The Balaban J connectivity index is 1.48. The SMILES string of the molecule is COc1cc(N2CCN(C)CC2)c(CO)cc1Nc1ncc2c(n1)N(CCC(=O)O)C(=O)N(c1c(C)cccc1C)C2. The first-order chi connectivity index (χ1) is 20.2. The average Bonchev–Trinajstić information content (AvgIpc) is 2.97. The fraction of sp³-hybridized carbons (Fsp3) is 0.400. The Morgan fingerprint density at radius 1 is 1.12 bits per heavy atom. The number of fused-ring (bicyclic) bond motifs is 1. The highest BCUT2D eigenvalue weighted by molar-refractivity contribution is 6.06. The molecule has 1 aromatic heterocycles. The number of ether oxygens (including phenoxy) is 1. The lowest BCUT2D eigenvalue weighted by atomic mass is 10.1. The second-order valence-electron chi connectivity index (χ2n) is 10.7. The number of aliphatic hydroxyl groups excluding tert-OH is 1. The first kappa shape index (κ1) is 29.1. The van der Waals surface area contributed by atoms with Crippen molar-refractivity contribution in [1.82, 2.24) is 14.9 Å². The van der Waals surface area contributed by atoms with Crippen LogP contribution in [0.2, 0.25) is 0 Å². The number of likely N-dealkylation sites (N-methyl/N-ethyl adjacent to an activating group) is 1. The molecule has 0 radical (unpaired) electrons. The molecule has 3 N–H and O–H groups in total. The summed E-state index contributed by atoms with van der Waals surface area (Å²) in [7, 11) is 3.67. The Morgan fingerprint density at radius 2 is 1.83 bits per heavy atom. The van der Waals surface area contributed by atoms with Gasteiger partial charge in [-0.25, -0.2) is 9.78 Å². The van der Waals surface area contributed by atoms with Crippen LogP contribution in [0, 0.1) is 13.8 Å². The Kier molecular flexibility index (Phi) is 8.46. The van der Waals surface area contributed by atoms with Gasteiger partial charge < -0.3 is 30.1 Å². The summed E-state index contributed by atoms with van der Waals surface area (Å²) >= 11 is 0. The van der Waals surface area contributed by atoms with E-state index in [0.717, 1.165) is 54.2 Å². The van der Waals surface area contributed by atoms with E-state index in [4.69, 9.17) is 4.74 Å². The monoisotopic (exact) mass is 575 g/mol. The number of benzene rings is 2. The molecule has 12 heteroatoms.